The molecule has 2 aromatic rings. The number of amides is 1. The standard InChI is InChI=1S/C15H18F2N4O3S/c1-2-20-25(23,24)12-5-3-4-11(10-12)14(22)19-7-6-13-18-8-9-21(13)15(16)17/h3-5,8-10,15,20H,2,6-7H2,1H3,(H,19,22). The maximum Gasteiger partial charge on any atom is 0.319 e. The Balaban J connectivity index is 2.01. The van der Waals surface area contributed by atoms with Crippen molar-refractivity contribution in [1.82, 2.24) is 19.6 Å². The van der Waals surface area contributed by atoms with E-state index >= 15 is 0 Å². The van der Waals surface area contributed by atoms with E-state index in [1.54, 1.807) is 6.92 Å². The third-order valence-electron chi connectivity index (χ3n) is 3.33. The number of nitrogens with one attached hydrogen (secondary N) is 2. The monoisotopic (exact) mass is 372 g/mol. The molecule has 10 heteroatoms. The van der Waals surface area contributed by atoms with Gasteiger partial charge in [0.1, 0.15) is 5.82 Å². The molecule has 0 fully saturated rings. The summed E-state index contributed by atoms with van der Waals surface area (Å²) in [7, 11) is -3.66. The minimum absolute atomic E-state index is 0.0183. The number of rotatable bonds is 8. The maximum absolute atomic E-state index is 12.7. The molecule has 1 aromatic carbocycles. The van der Waals surface area contributed by atoms with E-state index in [0.29, 0.717) is 0 Å². The topological polar surface area (TPSA) is 93.1 Å². The summed E-state index contributed by atoms with van der Waals surface area (Å²) < 4.78 is 52.4. The first-order chi connectivity index (χ1) is 11.8. The number of nitrogens with zero attached hydrogens (tertiary/aromatic N) is 2. The first-order valence-corrected chi connectivity index (χ1v) is 9.01. The summed E-state index contributed by atoms with van der Waals surface area (Å²) in [5.74, 6) is -0.345. The van der Waals surface area contributed by atoms with Crippen LogP contribution in [0.2, 0.25) is 0 Å². The Morgan fingerprint density at radius 3 is 2.80 bits per heavy atom. The van der Waals surface area contributed by atoms with Crippen LogP contribution in [-0.2, 0) is 16.4 Å². The molecule has 0 aliphatic heterocycles. The fraction of sp³-hybridized carbons (Fsp3) is 0.333. The van der Waals surface area contributed by atoms with Gasteiger partial charge in [0.2, 0.25) is 10.0 Å². The Kier molecular flexibility index (Phi) is 6.21. The Hall–Kier alpha value is -2.33. The third-order valence-corrected chi connectivity index (χ3v) is 4.88. The normalized spacial score (nSPS) is 11.7. The van der Waals surface area contributed by atoms with Gasteiger partial charge in [-0.1, -0.05) is 13.0 Å². The van der Waals surface area contributed by atoms with Crippen LogP contribution in [0.1, 0.15) is 29.7 Å². The molecule has 2 rings (SSSR count). The highest BCUT2D eigenvalue weighted by Gasteiger charge is 2.16. The number of carbonyl (C=O) groups excluding carboxylic acids is 1. The predicted molar refractivity (Wildman–Crippen MR) is 86.8 cm³/mol. The Morgan fingerprint density at radius 1 is 1.36 bits per heavy atom. The molecule has 2 N–H and O–H groups in total. The van der Waals surface area contributed by atoms with Crippen LogP contribution >= 0.6 is 0 Å². The van der Waals surface area contributed by atoms with Gasteiger partial charge in [-0.2, -0.15) is 8.78 Å². The van der Waals surface area contributed by atoms with Gasteiger partial charge in [0, 0.05) is 37.5 Å². The van der Waals surface area contributed by atoms with Gasteiger partial charge in [0.25, 0.3) is 5.91 Å². The molecule has 25 heavy (non-hydrogen) atoms. The molecule has 0 aliphatic carbocycles. The van der Waals surface area contributed by atoms with Gasteiger partial charge < -0.3 is 5.32 Å². The highest BCUT2D eigenvalue weighted by Crippen LogP contribution is 2.13. The van der Waals surface area contributed by atoms with Crippen molar-refractivity contribution < 1.29 is 22.0 Å². The molecule has 0 radical (unpaired) electrons. The first kappa shape index (κ1) is 19.0. The van der Waals surface area contributed by atoms with Crippen molar-refractivity contribution in [2.24, 2.45) is 0 Å². The number of carbonyl (C=O) groups is 1. The second-order valence-corrected chi connectivity index (χ2v) is 6.83. The molecule has 7 nitrogen and oxygen atoms in total. The SMILES string of the molecule is CCNS(=O)(=O)c1cccc(C(=O)NCCc2nccn2C(F)F)c1. The van der Waals surface area contributed by atoms with Crippen molar-refractivity contribution in [1.29, 1.82) is 0 Å². The van der Waals surface area contributed by atoms with Crippen molar-refractivity contribution >= 4 is 15.9 Å². The highest BCUT2D eigenvalue weighted by molar-refractivity contribution is 7.89. The van der Waals surface area contributed by atoms with Gasteiger partial charge in [0.05, 0.1) is 4.90 Å². The summed E-state index contributed by atoms with van der Waals surface area (Å²) in [4.78, 5) is 15.9. The quantitative estimate of drug-likeness (QED) is 0.735. The van der Waals surface area contributed by atoms with Crippen molar-refractivity contribution in [3.05, 3.63) is 48.0 Å². The number of alkyl halides is 2. The average molecular weight is 372 g/mol. The number of hydrogen-bond acceptors (Lipinski definition) is 4. The maximum atomic E-state index is 12.7. The van der Waals surface area contributed by atoms with Crippen LogP contribution in [0.3, 0.4) is 0 Å². The minimum Gasteiger partial charge on any atom is -0.352 e. The van der Waals surface area contributed by atoms with Crippen molar-refractivity contribution in [2.45, 2.75) is 24.8 Å². The number of imidazole rings is 1. The van der Waals surface area contributed by atoms with Crippen molar-refractivity contribution in [3.63, 3.8) is 0 Å². The lowest BCUT2D eigenvalue weighted by atomic mass is 10.2. The summed E-state index contributed by atoms with van der Waals surface area (Å²) in [5.41, 5.74) is 0.163. The number of aromatic nitrogens is 2. The van der Waals surface area contributed by atoms with Gasteiger partial charge in [-0.25, -0.2) is 18.1 Å². The largest absolute Gasteiger partial charge is 0.352 e. The highest BCUT2D eigenvalue weighted by atomic mass is 32.2. The average Bonchev–Trinajstić information content (AvgIpc) is 3.03. The lowest BCUT2D eigenvalue weighted by molar-refractivity contribution is 0.0670. The Bertz CT molecular complexity index is 837. The van der Waals surface area contributed by atoms with Gasteiger partial charge in [-0.3, -0.25) is 9.36 Å². The second kappa shape index (κ2) is 8.17. The van der Waals surface area contributed by atoms with Gasteiger partial charge in [-0.05, 0) is 18.2 Å². The zero-order chi connectivity index (χ0) is 18.4. The number of hydrogen-bond donors (Lipinski definition) is 2. The first-order valence-electron chi connectivity index (χ1n) is 7.53. The summed E-state index contributed by atoms with van der Waals surface area (Å²) in [5, 5.41) is 2.56. The van der Waals surface area contributed by atoms with Gasteiger partial charge in [-0.15, -0.1) is 0 Å². The fourth-order valence-electron chi connectivity index (χ4n) is 2.18. The van der Waals surface area contributed by atoms with Crippen LogP contribution in [0.4, 0.5) is 8.78 Å². The molecule has 0 atom stereocenters. The zero-order valence-electron chi connectivity index (χ0n) is 13.4. The van der Waals surface area contributed by atoms with E-state index < -0.39 is 22.5 Å². The smallest absolute Gasteiger partial charge is 0.319 e. The molecule has 1 amide bonds. The van der Waals surface area contributed by atoms with Crippen molar-refractivity contribution in [2.75, 3.05) is 13.1 Å². The number of benzene rings is 1. The number of sulfonamides is 1. The summed E-state index contributed by atoms with van der Waals surface area (Å²) in [6.07, 6.45) is 2.55. The third kappa shape index (κ3) is 4.83. The molecule has 0 saturated carbocycles. The van der Waals surface area contributed by atoms with Gasteiger partial charge >= 0.3 is 6.55 Å². The van der Waals surface area contributed by atoms with E-state index in [4.69, 9.17) is 0 Å². The Morgan fingerprint density at radius 2 is 2.12 bits per heavy atom. The predicted octanol–water partition coefficient (Wildman–Crippen LogP) is 1.55. The van der Waals surface area contributed by atoms with Crippen LogP contribution in [0, 0.1) is 0 Å². The molecular weight excluding hydrogens is 354 g/mol. The molecule has 0 bridgehead atoms. The van der Waals surface area contributed by atoms with Crippen molar-refractivity contribution in [3.8, 4) is 0 Å². The molecule has 0 spiro atoms. The van der Waals surface area contributed by atoms with E-state index in [0.717, 1.165) is 10.8 Å². The molecule has 1 aromatic heterocycles. The zero-order valence-corrected chi connectivity index (χ0v) is 14.3. The van der Waals surface area contributed by atoms with E-state index in [1.807, 2.05) is 0 Å². The lowest BCUT2D eigenvalue weighted by Crippen LogP contribution is -2.27. The molecule has 0 aliphatic rings. The molecule has 136 valence electrons. The van der Waals surface area contributed by atoms with Crippen LogP contribution < -0.4 is 10.0 Å². The second-order valence-electron chi connectivity index (χ2n) is 5.06. The summed E-state index contributed by atoms with van der Waals surface area (Å²) >= 11 is 0. The lowest BCUT2D eigenvalue weighted by Gasteiger charge is -2.09. The van der Waals surface area contributed by atoms with Crippen LogP contribution in [0.5, 0.6) is 0 Å². The van der Waals surface area contributed by atoms with Gasteiger partial charge in [0.15, 0.2) is 0 Å². The fourth-order valence-corrected chi connectivity index (χ4v) is 3.27. The van der Waals surface area contributed by atoms with E-state index in [-0.39, 0.29) is 35.8 Å². The molecule has 0 unspecified atom stereocenters. The van der Waals surface area contributed by atoms with Crippen LogP contribution in [-0.4, -0.2) is 37.0 Å². The number of halogens is 2. The molecular formula is C15H18F2N4O3S. The molecule has 0 saturated heterocycles. The summed E-state index contributed by atoms with van der Waals surface area (Å²) in [6.45, 7) is -0.721. The van der Waals surface area contributed by atoms with E-state index in [1.165, 1.54) is 30.5 Å². The van der Waals surface area contributed by atoms with Crippen LogP contribution in [0.15, 0.2) is 41.6 Å². The minimum atomic E-state index is -3.66. The van der Waals surface area contributed by atoms with Crippen LogP contribution in [0.25, 0.3) is 0 Å². The summed E-state index contributed by atoms with van der Waals surface area (Å²) in [6, 6.07) is 5.57. The Labute approximate surface area is 144 Å². The molecule has 1 heterocycles. The van der Waals surface area contributed by atoms with E-state index in [9.17, 15) is 22.0 Å². The van der Waals surface area contributed by atoms with E-state index in [2.05, 4.69) is 15.0 Å².